The molecule has 0 radical (unpaired) electrons. The predicted octanol–water partition coefficient (Wildman–Crippen LogP) is -1.30. The zero-order valence-electron chi connectivity index (χ0n) is 7.48. The quantitative estimate of drug-likeness (QED) is 0.360. The van der Waals surface area contributed by atoms with Gasteiger partial charge in [0.25, 0.3) is 0 Å². The van der Waals surface area contributed by atoms with E-state index in [2.05, 4.69) is 0 Å². The summed E-state index contributed by atoms with van der Waals surface area (Å²) in [5.41, 5.74) is -2.33. The molecule has 0 aromatic carbocycles. The molecule has 0 saturated heterocycles. The summed E-state index contributed by atoms with van der Waals surface area (Å²) in [6.45, 7) is -0.666. The van der Waals surface area contributed by atoms with Gasteiger partial charge in [-0.05, 0) is 6.42 Å². The summed E-state index contributed by atoms with van der Waals surface area (Å²) in [6, 6.07) is 0. The van der Waals surface area contributed by atoms with Crippen molar-refractivity contribution in [3.8, 4) is 0 Å². The van der Waals surface area contributed by atoms with E-state index in [-0.39, 0.29) is 0 Å². The molecule has 0 fully saturated rings. The van der Waals surface area contributed by atoms with Crippen molar-refractivity contribution in [3.63, 3.8) is 0 Å². The van der Waals surface area contributed by atoms with E-state index < -0.39 is 44.1 Å². The van der Waals surface area contributed by atoms with Crippen LogP contribution < -0.4 is 0 Å². The first-order chi connectivity index (χ1) is 6.71. The lowest BCUT2D eigenvalue weighted by molar-refractivity contribution is -0.148. The average Bonchev–Trinajstić information content (AvgIpc) is 1.99. The summed E-state index contributed by atoms with van der Waals surface area (Å²) in [4.78, 5) is 38.5. The Hall–Kier alpha value is -0.950. The van der Waals surface area contributed by atoms with E-state index in [9.17, 15) is 14.2 Å². The van der Waals surface area contributed by atoms with Crippen molar-refractivity contribution in [2.24, 2.45) is 5.92 Å². The Morgan fingerprint density at radius 3 is 1.80 bits per heavy atom. The molecule has 0 spiro atoms. The van der Waals surface area contributed by atoms with E-state index >= 15 is 0 Å². The zero-order chi connectivity index (χ0) is 12.2. The zero-order valence-corrected chi connectivity index (χ0v) is 8.37. The molecule has 0 aliphatic carbocycles. The number of hydrogen-bond donors (Lipinski definition) is 5. The highest BCUT2D eigenvalue weighted by Crippen LogP contribution is 2.46. The van der Waals surface area contributed by atoms with Crippen LogP contribution in [0.1, 0.15) is 6.42 Å². The third-order valence-corrected chi connectivity index (χ3v) is 3.06. The SMILES string of the molecule is O=C(O)C(CCO)C(C(=O)O)P(=O)(O)O. The standard InChI is InChI=1S/C6H11O8P/c7-2-1-3(5(8)9)4(6(10)11)15(12,13)14/h3-4,7H,1-2H2,(H,8,9)(H,10,11)(H2,12,13,14). The van der Waals surface area contributed by atoms with Crippen molar-refractivity contribution in [2.45, 2.75) is 12.1 Å². The van der Waals surface area contributed by atoms with Gasteiger partial charge in [0.05, 0.1) is 5.92 Å². The number of aliphatic hydroxyl groups is 1. The first-order valence-corrected chi connectivity index (χ1v) is 5.51. The lowest BCUT2D eigenvalue weighted by Gasteiger charge is -2.20. The van der Waals surface area contributed by atoms with E-state index in [1.807, 2.05) is 0 Å². The lowest BCUT2D eigenvalue weighted by atomic mass is 10.0. The van der Waals surface area contributed by atoms with Gasteiger partial charge in [0.2, 0.25) is 0 Å². The van der Waals surface area contributed by atoms with E-state index in [1.165, 1.54) is 0 Å². The van der Waals surface area contributed by atoms with Crippen LogP contribution in [0.2, 0.25) is 0 Å². The van der Waals surface area contributed by atoms with Gasteiger partial charge in [0.1, 0.15) is 0 Å². The second kappa shape index (κ2) is 5.22. The van der Waals surface area contributed by atoms with Crippen LogP contribution in [0.15, 0.2) is 0 Å². The molecule has 0 aromatic heterocycles. The Kier molecular flexibility index (Phi) is 4.89. The van der Waals surface area contributed by atoms with Crippen molar-refractivity contribution < 1.29 is 39.3 Å². The van der Waals surface area contributed by atoms with Crippen molar-refractivity contribution in [2.75, 3.05) is 6.61 Å². The summed E-state index contributed by atoms with van der Waals surface area (Å²) in [5, 5.41) is 25.6. The summed E-state index contributed by atoms with van der Waals surface area (Å²) in [5.74, 6) is -5.38. The lowest BCUT2D eigenvalue weighted by Crippen LogP contribution is -2.35. The van der Waals surface area contributed by atoms with Crippen LogP contribution in [0.5, 0.6) is 0 Å². The molecule has 2 atom stereocenters. The van der Waals surface area contributed by atoms with Gasteiger partial charge < -0.3 is 25.1 Å². The number of aliphatic carboxylic acids is 2. The van der Waals surface area contributed by atoms with Gasteiger partial charge in [0.15, 0.2) is 5.66 Å². The molecule has 0 aromatic rings. The number of carbonyl (C=O) groups is 2. The molecule has 88 valence electrons. The Morgan fingerprint density at radius 2 is 1.60 bits per heavy atom. The van der Waals surface area contributed by atoms with Gasteiger partial charge in [-0.2, -0.15) is 0 Å². The molecule has 5 N–H and O–H groups in total. The van der Waals surface area contributed by atoms with Gasteiger partial charge in [-0.3, -0.25) is 14.2 Å². The topological polar surface area (TPSA) is 152 Å². The number of carboxylic acids is 2. The molecule has 0 aliphatic heterocycles. The molecule has 8 nitrogen and oxygen atoms in total. The second-order valence-electron chi connectivity index (χ2n) is 2.83. The maximum absolute atomic E-state index is 10.8. The third kappa shape index (κ3) is 3.96. The van der Waals surface area contributed by atoms with Gasteiger partial charge in [-0.1, -0.05) is 0 Å². The number of rotatable bonds is 6. The largest absolute Gasteiger partial charge is 0.481 e. The van der Waals surface area contributed by atoms with E-state index in [0.717, 1.165) is 0 Å². The van der Waals surface area contributed by atoms with Crippen molar-refractivity contribution >= 4 is 19.5 Å². The van der Waals surface area contributed by atoms with Crippen LogP contribution in [0.25, 0.3) is 0 Å². The Labute approximate surface area is 84.3 Å². The third-order valence-electron chi connectivity index (χ3n) is 1.75. The fourth-order valence-corrected chi connectivity index (χ4v) is 2.14. The van der Waals surface area contributed by atoms with E-state index in [4.69, 9.17) is 25.1 Å². The van der Waals surface area contributed by atoms with Crippen LogP contribution in [0, 0.1) is 5.92 Å². The smallest absolute Gasteiger partial charge is 0.340 e. The molecule has 0 rings (SSSR count). The monoisotopic (exact) mass is 242 g/mol. The molecule has 2 unspecified atom stereocenters. The van der Waals surface area contributed by atoms with Gasteiger partial charge >= 0.3 is 19.5 Å². The first-order valence-electron chi connectivity index (χ1n) is 3.83. The van der Waals surface area contributed by atoms with Crippen LogP contribution in [0.3, 0.4) is 0 Å². The summed E-state index contributed by atoms with van der Waals surface area (Å²) < 4.78 is 10.8. The average molecular weight is 242 g/mol. The van der Waals surface area contributed by atoms with Crippen molar-refractivity contribution in [3.05, 3.63) is 0 Å². The first kappa shape index (κ1) is 14.1. The highest BCUT2D eigenvalue weighted by molar-refractivity contribution is 7.53. The minimum absolute atomic E-state index is 0.530. The van der Waals surface area contributed by atoms with E-state index in [0.29, 0.717) is 0 Å². The van der Waals surface area contributed by atoms with Crippen molar-refractivity contribution in [1.29, 1.82) is 0 Å². The molecule has 0 heterocycles. The second-order valence-corrected chi connectivity index (χ2v) is 4.56. The Balaban J connectivity index is 5.11. The van der Waals surface area contributed by atoms with Gasteiger partial charge in [-0.25, -0.2) is 0 Å². The molecule has 15 heavy (non-hydrogen) atoms. The minimum Gasteiger partial charge on any atom is -0.481 e. The molecule has 0 aliphatic rings. The molecule has 9 heteroatoms. The minimum atomic E-state index is -5.06. The van der Waals surface area contributed by atoms with E-state index in [1.54, 1.807) is 0 Å². The van der Waals surface area contributed by atoms with Gasteiger partial charge in [-0.15, -0.1) is 0 Å². The van der Waals surface area contributed by atoms with Gasteiger partial charge in [0, 0.05) is 6.61 Å². The van der Waals surface area contributed by atoms with Crippen molar-refractivity contribution in [1.82, 2.24) is 0 Å². The predicted molar refractivity (Wildman–Crippen MR) is 46.3 cm³/mol. The Morgan fingerprint density at radius 1 is 1.13 bits per heavy atom. The normalized spacial score (nSPS) is 15.7. The molecule has 0 amide bonds. The number of hydrogen-bond acceptors (Lipinski definition) is 4. The van der Waals surface area contributed by atoms with Crippen LogP contribution in [0.4, 0.5) is 0 Å². The van der Waals surface area contributed by atoms with Crippen LogP contribution in [-0.2, 0) is 14.2 Å². The number of aliphatic hydroxyl groups excluding tert-OH is 1. The molecule has 0 saturated carbocycles. The van der Waals surface area contributed by atoms with Crippen LogP contribution in [-0.4, -0.2) is 49.3 Å². The highest BCUT2D eigenvalue weighted by Gasteiger charge is 2.45. The molecule has 0 bridgehead atoms. The summed E-state index contributed by atoms with van der Waals surface area (Å²) >= 11 is 0. The highest BCUT2D eigenvalue weighted by atomic mass is 31.2. The maximum atomic E-state index is 10.8. The Bertz CT molecular complexity index is 294. The summed E-state index contributed by atoms with van der Waals surface area (Å²) in [6.07, 6.45) is -0.530. The molecular weight excluding hydrogens is 231 g/mol. The van der Waals surface area contributed by atoms with Crippen LogP contribution >= 0.6 is 7.60 Å². The number of carboxylic acid groups (broad SMARTS) is 2. The maximum Gasteiger partial charge on any atom is 0.340 e. The fourth-order valence-electron chi connectivity index (χ4n) is 1.11. The molecular formula is C6H11O8P. The summed E-state index contributed by atoms with van der Waals surface area (Å²) in [7, 11) is -5.06. The fraction of sp³-hybridized carbons (Fsp3) is 0.667.